The number of hydrogen-bond acceptors (Lipinski definition) is 6. The Morgan fingerprint density at radius 2 is 1.55 bits per heavy atom. The van der Waals surface area contributed by atoms with Crippen molar-refractivity contribution in [1.82, 2.24) is 4.98 Å². The van der Waals surface area contributed by atoms with Crippen molar-refractivity contribution in [2.45, 2.75) is 20.0 Å². The van der Waals surface area contributed by atoms with Gasteiger partial charge in [0.25, 0.3) is 5.91 Å². The van der Waals surface area contributed by atoms with Gasteiger partial charge in [0.2, 0.25) is 15.9 Å². The maximum atomic E-state index is 12.4. The molecule has 0 aliphatic heterocycles. The molecule has 0 radical (unpaired) electrons. The molecule has 10 heteroatoms. The highest BCUT2D eigenvalue weighted by molar-refractivity contribution is 7.93. The van der Waals surface area contributed by atoms with Crippen LogP contribution in [0.2, 0.25) is 0 Å². The molecule has 0 atom stereocenters. The molecular formula is C23H24N4O5S. The summed E-state index contributed by atoms with van der Waals surface area (Å²) in [5, 5.41) is 5.24. The number of amides is 2. The number of rotatable bonds is 9. The van der Waals surface area contributed by atoms with Crippen molar-refractivity contribution < 1.29 is 22.7 Å². The number of carbonyl (C=O) groups excluding carboxylic acids is 2. The van der Waals surface area contributed by atoms with Gasteiger partial charge >= 0.3 is 0 Å². The number of nitrogens with zero attached hydrogens (tertiary/aromatic N) is 1. The Balaban J connectivity index is 1.57. The maximum Gasteiger partial charge on any atom is 0.255 e. The molecule has 0 unspecified atom stereocenters. The second-order valence-electron chi connectivity index (χ2n) is 7.37. The molecule has 1 heterocycles. The van der Waals surface area contributed by atoms with Crippen LogP contribution in [0.25, 0.3) is 0 Å². The smallest absolute Gasteiger partial charge is 0.255 e. The molecular weight excluding hydrogens is 444 g/mol. The molecule has 0 fully saturated rings. The molecule has 9 nitrogen and oxygen atoms in total. The van der Waals surface area contributed by atoms with Gasteiger partial charge in [-0.3, -0.25) is 19.3 Å². The van der Waals surface area contributed by atoms with Crippen LogP contribution >= 0.6 is 0 Å². The van der Waals surface area contributed by atoms with Gasteiger partial charge in [-0.25, -0.2) is 8.42 Å². The zero-order chi connectivity index (χ0) is 23.8. The van der Waals surface area contributed by atoms with Crippen LogP contribution in [-0.4, -0.2) is 37.1 Å². The van der Waals surface area contributed by atoms with E-state index in [9.17, 15) is 18.0 Å². The molecule has 0 spiro atoms. The molecule has 172 valence electrons. The zero-order valence-corrected chi connectivity index (χ0v) is 18.9. The first kappa shape index (κ1) is 23.7. The fourth-order valence-electron chi connectivity index (χ4n) is 2.84. The lowest BCUT2D eigenvalue weighted by atomic mass is 10.2. The van der Waals surface area contributed by atoms with Gasteiger partial charge in [0.15, 0.2) is 0 Å². The molecule has 3 rings (SSSR count). The van der Waals surface area contributed by atoms with Gasteiger partial charge in [0, 0.05) is 35.0 Å². The molecule has 1 aromatic heterocycles. The maximum absolute atomic E-state index is 12.4. The molecule has 2 aromatic carbocycles. The van der Waals surface area contributed by atoms with Crippen LogP contribution in [0, 0.1) is 0 Å². The van der Waals surface area contributed by atoms with E-state index in [2.05, 4.69) is 20.3 Å². The lowest BCUT2D eigenvalue weighted by molar-refractivity contribution is -0.113. The number of aromatic nitrogens is 1. The Morgan fingerprint density at radius 3 is 2.18 bits per heavy atom. The van der Waals surface area contributed by atoms with Gasteiger partial charge in [0.05, 0.1) is 6.10 Å². The van der Waals surface area contributed by atoms with Crippen molar-refractivity contribution >= 4 is 38.9 Å². The van der Waals surface area contributed by atoms with E-state index in [4.69, 9.17) is 4.74 Å². The summed E-state index contributed by atoms with van der Waals surface area (Å²) in [5.74, 6) is -1.22. The van der Waals surface area contributed by atoms with Gasteiger partial charge in [-0.1, -0.05) is 6.07 Å². The van der Waals surface area contributed by atoms with Gasteiger partial charge in [-0.15, -0.1) is 0 Å². The van der Waals surface area contributed by atoms with E-state index in [1.54, 1.807) is 54.6 Å². The number of hydrogen-bond donors (Lipinski definition) is 3. The number of anilines is 3. The lowest BCUT2D eigenvalue weighted by Crippen LogP contribution is -2.27. The Bertz CT molecular complexity index is 1210. The molecule has 2 amide bonds. The van der Waals surface area contributed by atoms with Gasteiger partial charge in [-0.05, 0) is 68.4 Å². The first-order valence-corrected chi connectivity index (χ1v) is 11.7. The first-order chi connectivity index (χ1) is 15.7. The summed E-state index contributed by atoms with van der Waals surface area (Å²) in [6.45, 7) is 3.78. The highest BCUT2D eigenvalue weighted by Crippen LogP contribution is 2.19. The standard InChI is InChI=1S/C23H24N4O5S/c1-16(2)32-21-8-6-18(7-9-21)27-33(30,31)15-22(28)25-19-4-3-5-20(14-19)26-23(29)17-10-12-24-13-11-17/h3-14,16,27H,15H2,1-2H3,(H,25,28)(H,26,29). The topological polar surface area (TPSA) is 126 Å². The van der Waals surface area contributed by atoms with Crippen molar-refractivity contribution in [3.05, 3.63) is 78.6 Å². The average molecular weight is 469 g/mol. The minimum atomic E-state index is -3.93. The molecule has 0 saturated heterocycles. The van der Waals surface area contributed by atoms with Crippen molar-refractivity contribution in [1.29, 1.82) is 0 Å². The zero-order valence-electron chi connectivity index (χ0n) is 18.1. The monoisotopic (exact) mass is 468 g/mol. The van der Waals surface area contributed by atoms with Crippen LogP contribution in [0.1, 0.15) is 24.2 Å². The Kier molecular flexibility index (Phi) is 7.62. The van der Waals surface area contributed by atoms with E-state index >= 15 is 0 Å². The molecule has 3 aromatic rings. The normalized spacial score (nSPS) is 11.0. The largest absolute Gasteiger partial charge is 0.491 e. The third kappa shape index (κ3) is 7.62. The molecule has 33 heavy (non-hydrogen) atoms. The number of nitrogens with one attached hydrogen (secondary N) is 3. The van der Waals surface area contributed by atoms with Crippen molar-refractivity contribution in [3.63, 3.8) is 0 Å². The lowest BCUT2D eigenvalue weighted by Gasteiger charge is -2.12. The summed E-state index contributed by atoms with van der Waals surface area (Å²) in [7, 11) is -3.93. The van der Waals surface area contributed by atoms with E-state index < -0.39 is 21.7 Å². The molecule has 0 aliphatic carbocycles. The van der Waals surface area contributed by atoms with Crippen molar-refractivity contribution in [2.24, 2.45) is 0 Å². The fourth-order valence-corrected chi connectivity index (χ4v) is 3.82. The van der Waals surface area contributed by atoms with Crippen LogP contribution in [0.15, 0.2) is 73.1 Å². The molecule has 0 aliphatic rings. The second-order valence-corrected chi connectivity index (χ2v) is 9.09. The number of benzene rings is 2. The second kappa shape index (κ2) is 10.6. The van der Waals surface area contributed by atoms with Crippen molar-refractivity contribution in [2.75, 3.05) is 21.1 Å². The Hall–Kier alpha value is -3.92. The number of ether oxygens (including phenoxy) is 1. The summed E-state index contributed by atoms with van der Waals surface area (Å²) in [6, 6.07) is 16.0. The SMILES string of the molecule is CC(C)Oc1ccc(NS(=O)(=O)CC(=O)Nc2cccc(NC(=O)c3ccncc3)c2)cc1. The summed E-state index contributed by atoms with van der Waals surface area (Å²) < 4.78 is 32.6. The number of sulfonamides is 1. The van der Waals surface area contributed by atoms with Gasteiger partial charge < -0.3 is 15.4 Å². The summed E-state index contributed by atoms with van der Waals surface area (Å²) in [5.41, 5.74) is 1.54. The van der Waals surface area contributed by atoms with Crippen LogP contribution in [-0.2, 0) is 14.8 Å². The Labute approximate surface area is 192 Å². The van der Waals surface area contributed by atoms with Crippen molar-refractivity contribution in [3.8, 4) is 5.75 Å². The minimum Gasteiger partial charge on any atom is -0.491 e. The van der Waals surface area contributed by atoms with E-state index in [-0.39, 0.29) is 12.0 Å². The van der Waals surface area contributed by atoms with Crippen LogP contribution in [0.3, 0.4) is 0 Å². The average Bonchev–Trinajstić information content (AvgIpc) is 2.75. The highest BCUT2D eigenvalue weighted by Gasteiger charge is 2.17. The predicted octanol–water partition coefficient (Wildman–Crippen LogP) is 3.50. The molecule has 0 bridgehead atoms. The van der Waals surface area contributed by atoms with Crippen LogP contribution in [0.5, 0.6) is 5.75 Å². The number of pyridine rings is 1. The third-order valence-electron chi connectivity index (χ3n) is 4.17. The highest BCUT2D eigenvalue weighted by atomic mass is 32.2. The summed E-state index contributed by atoms with van der Waals surface area (Å²) in [4.78, 5) is 28.4. The summed E-state index contributed by atoms with van der Waals surface area (Å²) >= 11 is 0. The van der Waals surface area contributed by atoms with E-state index in [0.29, 0.717) is 28.4 Å². The first-order valence-electron chi connectivity index (χ1n) is 10.1. The summed E-state index contributed by atoms with van der Waals surface area (Å²) in [6.07, 6.45) is 3.01. The van der Waals surface area contributed by atoms with E-state index in [0.717, 1.165) is 0 Å². The van der Waals surface area contributed by atoms with Crippen LogP contribution < -0.4 is 20.1 Å². The van der Waals surface area contributed by atoms with Gasteiger partial charge in [-0.2, -0.15) is 0 Å². The molecule has 0 saturated carbocycles. The fraction of sp³-hybridized carbons (Fsp3) is 0.174. The number of carbonyl (C=O) groups is 2. The minimum absolute atomic E-state index is 0.00120. The molecule has 3 N–H and O–H groups in total. The van der Waals surface area contributed by atoms with Gasteiger partial charge in [0.1, 0.15) is 11.5 Å². The predicted molar refractivity (Wildman–Crippen MR) is 127 cm³/mol. The van der Waals surface area contributed by atoms with Crippen LogP contribution in [0.4, 0.5) is 17.1 Å². The Morgan fingerprint density at radius 1 is 0.909 bits per heavy atom. The van der Waals surface area contributed by atoms with E-state index in [1.807, 2.05) is 13.8 Å². The third-order valence-corrected chi connectivity index (χ3v) is 5.36. The quantitative estimate of drug-likeness (QED) is 0.441. The van der Waals surface area contributed by atoms with E-state index in [1.165, 1.54) is 18.5 Å².